The molecule has 1 rings (SSSR count). The van der Waals surface area contributed by atoms with Gasteiger partial charge in [-0.3, -0.25) is 9.11 Å². The van der Waals surface area contributed by atoms with Crippen LogP contribution in [0, 0.1) is 0 Å². The van der Waals surface area contributed by atoms with Crippen LogP contribution in [0.4, 0.5) is 0 Å². The van der Waals surface area contributed by atoms with Crippen molar-refractivity contribution < 1.29 is 13.3 Å². The van der Waals surface area contributed by atoms with Gasteiger partial charge in [-0.2, -0.15) is 4.21 Å². The molecule has 1 heterocycles. The Morgan fingerprint density at radius 1 is 1.13 bits per heavy atom. The molecule has 0 aromatic carbocycles. The van der Waals surface area contributed by atoms with E-state index in [2.05, 4.69) is 4.90 Å². The van der Waals surface area contributed by atoms with Gasteiger partial charge in [-0.1, -0.05) is 0 Å². The van der Waals surface area contributed by atoms with Gasteiger partial charge in [0.2, 0.25) is 0 Å². The third kappa shape index (κ3) is 7.19. The average Bonchev–Trinajstić information content (AvgIpc) is 2.61. The van der Waals surface area contributed by atoms with Crippen LogP contribution in [0.15, 0.2) is 0 Å². The monoisotopic (exact) mass is 254 g/mol. The Hall–Kier alpha value is 0.250. The van der Waals surface area contributed by atoms with Gasteiger partial charge < -0.3 is 4.90 Å². The fourth-order valence-electron chi connectivity index (χ4n) is 1.79. The van der Waals surface area contributed by atoms with E-state index in [1.807, 2.05) is 0 Å². The molecule has 0 amide bonds. The first kappa shape index (κ1) is 13.3. The van der Waals surface area contributed by atoms with Gasteiger partial charge in [-0.25, -0.2) is 0 Å². The first-order valence-corrected chi connectivity index (χ1v) is 8.41. The van der Waals surface area contributed by atoms with Gasteiger partial charge in [0.15, 0.2) is 5.75 Å². The molecule has 0 bridgehead atoms. The molecule has 2 N–H and O–H groups in total. The van der Waals surface area contributed by atoms with Crippen molar-refractivity contribution in [1.29, 1.82) is 0 Å². The second-order valence-electron chi connectivity index (χ2n) is 3.88. The van der Waals surface area contributed by atoms with E-state index in [1.165, 1.54) is 25.9 Å². The Labute approximate surface area is 95.3 Å². The molecule has 4 nitrogen and oxygen atoms in total. The van der Waals surface area contributed by atoms with Crippen molar-refractivity contribution in [3.8, 4) is 0 Å². The normalized spacial score (nSPS) is 18.3. The molecule has 1 fully saturated rings. The smallest absolute Gasteiger partial charge is 0.303 e. The lowest BCUT2D eigenvalue weighted by molar-refractivity contribution is 0.330. The Morgan fingerprint density at radius 3 is 2.40 bits per heavy atom. The summed E-state index contributed by atoms with van der Waals surface area (Å²) < 4.78 is 27.7. The molecule has 1 saturated heterocycles. The van der Waals surface area contributed by atoms with Crippen LogP contribution in [0.3, 0.4) is 0 Å². The molecule has 90 valence electrons. The van der Waals surface area contributed by atoms with Crippen LogP contribution in [-0.4, -0.2) is 43.6 Å². The largest absolute Gasteiger partial charge is 0.430 e. The second kappa shape index (κ2) is 6.75. The Morgan fingerprint density at radius 2 is 1.80 bits per heavy atom. The minimum absolute atomic E-state index is 0.561. The molecular formula is C9H20NO3S2+. The third-order valence-corrected chi connectivity index (χ3v) is 4.74. The minimum atomic E-state index is -3.57. The summed E-state index contributed by atoms with van der Waals surface area (Å²) in [6.07, 6.45) is 5.77. The van der Waals surface area contributed by atoms with E-state index in [9.17, 15) is 4.21 Å². The van der Waals surface area contributed by atoms with Crippen molar-refractivity contribution >= 4 is 19.4 Å². The molecular weight excluding hydrogens is 234 g/mol. The summed E-state index contributed by atoms with van der Waals surface area (Å²) in [7, 11) is -2.83. The molecule has 15 heavy (non-hydrogen) atoms. The van der Waals surface area contributed by atoms with Crippen LogP contribution < -0.4 is 0 Å². The standard InChI is InChI=1S/C9H19NO3S2/c11-15(12,13)14-9-5-1-2-6-10-7-3-4-8-10/h1-9H2,(H-,11,12,13)/p+1. The highest BCUT2D eigenvalue weighted by Gasteiger charge is 2.11. The van der Waals surface area contributed by atoms with E-state index in [0.29, 0.717) is 5.75 Å². The zero-order valence-corrected chi connectivity index (χ0v) is 10.6. The van der Waals surface area contributed by atoms with Crippen LogP contribution in [0.2, 0.25) is 0 Å². The summed E-state index contributed by atoms with van der Waals surface area (Å²) in [6, 6.07) is 0. The summed E-state index contributed by atoms with van der Waals surface area (Å²) in [5, 5.41) is 0. The molecule has 0 spiro atoms. The van der Waals surface area contributed by atoms with Crippen LogP contribution in [0.5, 0.6) is 0 Å². The highest BCUT2D eigenvalue weighted by Crippen LogP contribution is 2.08. The average molecular weight is 254 g/mol. The lowest BCUT2D eigenvalue weighted by Gasteiger charge is -2.12. The molecule has 0 unspecified atom stereocenters. The predicted molar refractivity (Wildman–Crippen MR) is 65.2 cm³/mol. The van der Waals surface area contributed by atoms with Crippen LogP contribution in [0.25, 0.3) is 0 Å². The first-order chi connectivity index (χ1) is 7.08. The van der Waals surface area contributed by atoms with E-state index in [-0.39, 0.29) is 0 Å². The molecule has 6 heteroatoms. The van der Waals surface area contributed by atoms with Crippen molar-refractivity contribution in [3.05, 3.63) is 0 Å². The van der Waals surface area contributed by atoms with Crippen molar-refractivity contribution in [1.82, 2.24) is 4.90 Å². The van der Waals surface area contributed by atoms with Crippen molar-refractivity contribution in [3.63, 3.8) is 0 Å². The number of hydrogen-bond acceptors (Lipinski definition) is 2. The van der Waals surface area contributed by atoms with Crippen LogP contribution in [0.1, 0.15) is 32.1 Å². The molecule has 0 aromatic heterocycles. The maximum absolute atomic E-state index is 10.5. The maximum atomic E-state index is 10.5. The summed E-state index contributed by atoms with van der Waals surface area (Å²) in [5.41, 5.74) is 0. The van der Waals surface area contributed by atoms with Crippen LogP contribution in [-0.2, 0) is 19.4 Å². The van der Waals surface area contributed by atoms with E-state index >= 15 is 0 Å². The van der Waals surface area contributed by atoms with Gasteiger partial charge in [0.25, 0.3) is 10.3 Å². The van der Waals surface area contributed by atoms with Crippen LogP contribution >= 0.6 is 0 Å². The highest BCUT2D eigenvalue weighted by molar-refractivity contribution is 8.34. The summed E-state index contributed by atoms with van der Waals surface area (Å²) >= 11 is 0. The van der Waals surface area contributed by atoms with Crippen molar-refractivity contribution in [2.24, 2.45) is 0 Å². The van der Waals surface area contributed by atoms with Gasteiger partial charge in [-0.05, 0) is 45.3 Å². The zero-order valence-electron chi connectivity index (χ0n) is 8.93. The lowest BCUT2D eigenvalue weighted by atomic mass is 10.2. The predicted octanol–water partition coefficient (Wildman–Crippen LogP) is 1.48. The molecule has 0 saturated carbocycles. The van der Waals surface area contributed by atoms with E-state index in [4.69, 9.17) is 9.11 Å². The topological polar surface area (TPSA) is 60.8 Å². The number of unbranched alkanes of at least 4 members (excludes halogenated alkanes) is 2. The third-order valence-electron chi connectivity index (χ3n) is 2.55. The number of nitrogens with zero attached hydrogens (tertiary/aromatic N) is 1. The fraction of sp³-hybridized carbons (Fsp3) is 1.00. The Bertz CT molecular complexity index is 273. The highest BCUT2D eigenvalue weighted by atomic mass is 32.9. The van der Waals surface area contributed by atoms with Gasteiger partial charge in [-0.15, -0.1) is 0 Å². The van der Waals surface area contributed by atoms with E-state index in [1.54, 1.807) is 0 Å². The van der Waals surface area contributed by atoms with Gasteiger partial charge in [0.05, 0.1) is 0 Å². The quantitative estimate of drug-likeness (QED) is 0.557. The summed E-state index contributed by atoms with van der Waals surface area (Å²) in [4.78, 5) is 2.47. The number of likely N-dealkylation sites (tertiary alicyclic amines) is 1. The van der Waals surface area contributed by atoms with Gasteiger partial charge >= 0.3 is 9.05 Å². The Balaban J connectivity index is 1.95. The first-order valence-electron chi connectivity index (χ1n) is 5.44. The molecule has 1 aliphatic rings. The molecule has 0 aliphatic carbocycles. The number of hydrogen-bond donors (Lipinski definition) is 2. The maximum Gasteiger partial charge on any atom is 0.430 e. The molecule has 0 atom stereocenters. The van der Waals surface area contributed by atoms with Crippen molar-refractivity contribution in [2.45, 2.75) is 32.1 Å². The fourth-order valence-corrected chi connectivity index (χ4v) is 3.33. The molecule has 0 aromatic rings. The number of rotatable bonds is 6. The van der Waals surface area contributed by atoms with E-state index < -0.39 is 9.05 Å². The molecule has 0 radical (unpaired) electrons. The summed E-state index contributed by atoms with van der Waals surface area (Å²) in [5.74, 6) is 0.561. The van der Waals surface area contributed by atoms with Crippen molar-refractivity contribution in [2.75, 3.05) is 25.4 Å². The summed E-state index contributed by atoms with van der Waals surface area (Å²) in [6.45, 7) is 3.62. The zero-order chi connectivity index (χ0) is 11.1. The molecule has 1 aliphatic heterocycles. The second-order valence-corrected chi connectivity index (χ2v) is 7.43. The van der Waals surface area contributed by atoms with E-state index in [0.717, 1.165) is 36.1 Å². The Kier molecular flexibility index (Phi) is 5.99. The van der Waals surface area contributed by atoms with Gasteiger partial charge in [0, 0.05) is 6.42 Å². The lowest BCUT2D eigenvalue weighted by Crippen LogP contribution is -2.20. The SMILES string of the molecule is O=S(O)(O)=[S+]CCCCCN1CCCC1. The van der Waals surface area contributed by atoms with Gasteiger partial charge in [0.1, 0.15) is 0 Å². The minimum Gasteiger partial charge on any atom is -0.303 e.